The van der Waals surface area contributed by atoms with Gasteiger partial charge in [0.1, 0.15) is 0 Å². The van der Waals surface area contributed by atoms with Crippen molar-refractivity contribution in [1.29, 1.82) is 0 Å². The first kappa shape index (κ1) is 23.5. The molecule has 178 valence electrons. The number of sulfonamides is 1. The number of nitrogens with zero attached hydrogens (tertiary/aromatic N) is 2. The lowest BCUT2D eigenvalue weighted by Gasteiger charge is -2.27. The highest BCUT2D eigenvalue weighted by molar-refractivity contribution is 7.89. The number of hydrogen-bond acceptors (Lipinski definition) is 5. The van der Waals surface area contributed by atoms with Gasteiger partial charge in [-0.15, -0.1) is 0 Å². The van der Waals surface area contributed by atoms with Crippen molar-refractivity contribution in [2.24, 2.45) is 0 Å². The van der Waals surface area contributed by atoms with E-state index in [0.29, 0.717) is 24.2 Å². The van der Waals surface area contributed by atoms with Crippen LogP contribution in [0.5, 0.6) is 0 Å². The van der Waals surface area contributed by atoms with Crippen molar-refractivity contribution in [3.63, 3.8) is 0 Å². The van der Waals surface area contributed by atoms with Crippen LogP contribution in [0.15, 0.2) is 34.0 Å². The second-order valence-corrected chi connectivity index (χ2v) is 10.9. The molecule has 2 aliphatic heterocycles. The number of benzene rings is 1. The molecular weight excluding hydrogens is 440 g/mol. The number of pyridine rings is 1. The van der Waals surface area contributed by atoms with Crippen LogP contribution in [0.1, 0.15) is 59.3 Å². The Bertz CT molecular complexity index is 1190. The van der Waals surface area contributed by atoms with Crippen molar-refractivity contribution in [3.05, 3.63) is 57.0 Å². The molecule has 2 aliphatic rings. The van der Waals surface area contributed by atoms with Gasteiger partial charge in [-0.1, -0.05) is 6.42 Å². The summed E-state index contributed by atoms with van der Waals surface area (Å²) in [5.74, 6) is -0.382. The SMILES string of the molecule is Cc1cc(C)c(CNC(=O)c2cc(S(=O)(=O)N3CCCCC3)ccc2N2CCCC2)c(=O)[nH]1. The van der Waals surface area contributed by atoms with Gasteiger partial charge in [-0.05, 0) is 69.4 Å². The maximum absolute atomic E-state index is 13.3. The third-order valence-corrected chi connectivity index (χ3v) is 8.43. The summed E-state index contributed by atoms with van der Waals surface area (Å²) in [6.07, 6.45) is 4.80. The Kier molecular flexibility index (Phi) is 6.90. The number of hydrogen-bond donors (Lipinski definition) is 2. The van der Waals surface area contributed by atoms with E-state index in [9.17, 15) is 18.0 Å². The number of amides is 1. The average Bonchev–Trinajstić information content (AvgIpc) is 3.33. The first-order valence-corrected chi connectivity index (χ1v) is 13.1. The molecule has 0 atom stereocenters. The molecule has 2 aromatic rings. The molecule has 0 saturated carbocycles. The molecule has 0 unspecified atom stereocenters. The van der Waals surface area contributed by atoms with E-state index in [1.807, 2.05) is 19.9 Å². The third kappa shape index (κ3) is 4.99. The number of aryl methyl sites for hydroxylation is 2. The number of carbonyl (C=O) groups excluding carboxylic acids is 1. The van der Waals surface area contributed by atoms with Gasteiger partial charge >= 0.3 is 0 Å². The van der Waals surface area contributed by atoms with Gasteiger partial charge < -0.3 is 15.2 Å². The van der Waals surface area contributed by atoms with E-state index >= 15 is 0 Å². The van der Waals surface area contributed by atoms with Gasteiger partial charge in [-0.2, -0.15) is 4.31 Å². The normalized spacial score (nSPS) is 17.3. The van der Waals surface area contributed by atoms with E-state index in [1.165, 1.54) is 10.4 Å². The highest BCUT2D eigenvalue weighted by Gasteiger charge is 2.28. The van der Waals surface area contributed by atoms with Crippen LogP contribution in [0.4, 0.5) is 5.69 Å². The Balaban J connectivity index is 1.65. The number of aromatic nitrogens is 1. The molecular formula is C24H32N4O4S. The topological polar surface area (TPSA) is 103 Å². The van der Waals surface area contributed by atoms with Gasteiger partial charge in [0.2, 0.25) is 10.0 Å². The van der Waals surface area contributed by atoms with E-state index in [2.05, 4.69) is 15.2 Å². The van der Waals surface area contributed by atoms with Crippen LogP contribution >= 0.6 is 0 Å². The Morgan fingerprint density at radius 3 is 2.33 bits per heavy atom. The van der Waals surface area contributed by atoms with E-state index in [-0.39, 0.29) is 22.9 Å². The fourth-order valence-electron chi connectivity index (χ4n) is 4.71. The highest BCUT2D eigenvalue weighted by atomic mass is 32.2. The lowest BCUT2D eigenvalue weighted by molar-refractivity contribution is 0.0951. The van der Waals surface area contributed by atoms with Crippen LogP contribution in [0, 0.1) is 13.8 Å². The average molecular weight is 473 g/mol. The zero-order valence-corrected chi connectivity index (χ0v) is 20.1. The van der Waals surface area contributed by atoms with E-state index in [0.717, 1.165) is 62.1 Å². The summed E-state index contributed by atoms with van der Waals surface area (Å²) in [5, 5.41) is 2.84. The van der Waals surface area contributed by atoms with Crippen LogP contribution in [-0.2, 0) is 16.6 Å². The van der Waals surface area contributed by atoms with Crippen molar-refractivity contribution >= 4 is 21.6 Å². The number of piperidine rings is 1. The summed E-state index contributed by atoms with van der Waals surface area (Å²) >= 11 is 0. The Labute approximate surface area is 195 Å². The van der Waals surface area contributed by atoms with Crippen LogP contribution in [0.25, 0.3) is 0 Å². The van der Waals surface area contributed by atoms with Gasteiger partial charge in [0.05, 0.1) is 10.5 Å². The minimum Gasteiger partial charge on any atom is -0.371 e. The van der Waals surface area contributed by atoms with Crippen molar-refractivity contribution < 1.29 is 13.2 Å². The van der Waals surface area contributed by atoms with Gasteiger partial charge in [-0.25, -0.2) is 8.42 Å². The summed E-state index contributed by atoms with van der Waals surface area (Å²) < 4.78 is 28.0. The van der Waals surface area contributed by atoms with Gasteiger partial charge in [0.25, 0.3) is 11.5 Å². The number of rotatable bonds is 6. The maximum Gasteiger partial charge on any atom is 0.253 e. The standard InChI is InChI=1S/C24H32N4O4S/c1-17-14-18(2)26-24(30)21(17)16-25-23(29)20-15-19(8-9-22(20)27-10-6-7-11-27)33(31,32)28-12-4-3-5-13-28/h8-9,14-15H,3-7,10-13,16H2,1-2H3,(H,25,29)(H,26,30). The second-order valence-electron chi connectivity index (χ2n) is 8.96. The van der Waals surface area contributed by atoms with Crippen LogP contribution < -0.4 is 15.8 Å². The van der Waals surface area contributed by atoms with Crippen molar-refractivity contribution in [3.8, 4) is 0 Å². The summed E-state index contributed by atoms with van der Waals surface area (Å²) in [6.45, 7) is 6.40. The van der Waals surface area contributed by atoms with E-state index in [1.54, 1.807) is 12.1 Å². The molecule has 3 heterocycles. The molecule has 0 aliphatic carbocycles. The minimum atomic E-state index is -3.66. The Hall–Kier alpha value is -2.65. The minimum absolute atomic E-state index is 0.0722. The lowest BCUT2D eigenvalue weighted by Crippen LogP contribution is -2.36. The largest absolute Gasteiger partial charge is 0.371 e. The fraction of sp³-hybridized carbons (Fsp3) is 0.500. The van der Waals surface area contributed by atoms with Crippen molar-refractivity contribution in [2.45, 2.75) is 57.4 Å². The van der Waals surface area contributed by atoms with Crippen LogP contribution in [-0.4, -0.2) is 49.8 Å². The Morgan fingerprint density at radius 2 is 1.67 bits per heavy atom. The highest BCUT2D eigenvalue weighted by Crippen LogP contribution is 2.29. The maximum atomic E-state index is 13.3. The lowest BCUT2D eigenvalue weighted by atomic mass is 10.1. The zero-order valence-electron chi connectivity index (χ0n) is 19.3. The molecule has 2 N–H and O–H groups in total. The molecule has 1 aromatic heterocycles. The zero-order chi connectivity index (χ0) is 23.6. The van der Waals surface area contributed by atoms with Crippen molar-refractivity contribution in [1.82, 2.24) is 14.6 Å². The number of nitrogens with one attached hydrogen (secondary N) is 2. The molecule has 8 nitrogen and oxygen atoms in total. The second kappa shape index (κ2) is 9.69. The predicted molar refractivity (Wildman–Crippen MR) is 128 cm³/mol. The van der Waals surface area contributed by atoms with E-state index in [4.69, 9.17) is 0 Å². The molecule has 1 amide bonds. The molecule has 0 bridgehead atoms. The first-order valence-electron chi connectivity index (χ1n) is 11.6. The van der Waals surface area contributed by atoms with Gasteiger partial charge in [-0.3, -0.25) is 9.59 Å². The molecule has 0 radical (unpaired) electrons. The predicted octanol–water partition coefficient (Wildman–Crippen LogP) is 2.70. The number of H-pyrrole nitrogens is 1. The Morgan fingerprint density at radius 1 is 1.00 bits per heavy atom. The molecule has 33 heavy (non-hydrogen) atoms. The number of carbonyl (C=O) groups is 1. The number of aromatic amines is 1. The van der Waals surface area contributed by atoms with Gasteiger partial charge in [0.15, 0.2) is 0 Å². The fourth-order valence-corrected chi connectivity index (χ4v) is 6.25. The van der Waals surface area contributed by atoms with Crippen LogP contribution in [0.2, 0.25) is 0 Å². The molecule has 2 saturated heterocycles. The van der Waals surface area contributed by atoms with E-state index < -0.39 is 10.0 Å². The molecule has 4 rings (SSSR count). The quantitative estimate of drug-likeness (QED) is 0.673. The smallest absolute Gasteiger partial charge is 0.253 e. The van der Waals surface area contributed by atoms with Crippen LogP contribution in [0.3, 0.4) is 0 Å². The van der Waals surface area contributed by atoms with Gasteiger partial charge in [0, 0.05) is 49.7 Å². The molecule has 0 spiro atoms. The summed E-state index contributed by atoms with van der Waals surface area (Å²) in [5.41, 5.74) is 2.90. The number of anilines is 1. The molecule has 2 fully saturated rings. The van der Waals surface area contributed by atoms with Crippen molar-refractivity contribution in [2.75, 3.05) is 31.1 Å². The third-order valence-electron chi connectivity index (χ3n) is 6.53. The first-order chi connectivity index (χ1) is 15.8. The summed E-state index contributed by atoms with van der Waals surface area (Å²) in [4.78, 5) is 30.7. The molecule has 1 aromatic carbocycles. The monoisotopic (exact) mass is 472 g/mol. The molecule has 9 heteroatoms. The summed E-state index contributed by atoms with van der Waals surface area (Å²) in [7, 11) is -3.66. The summed E-state index contributed by atoms with van der Waals surface area (Å²) in [6, 6.07) is 6.73.